The number of hydrogen-bond donors (Lipinski definition) is 1. The van der Waals surface area contributed by atoms with Gasteiger partial charge in [0.2, 0.25) is 0 Å². The number of carboxylic acids is 1. The molecule has 0 radical (unpaired) electrons. The Labute approximate surface area is 129 Å². The van der Waals surface area contributed by atoms with Crippen LogP contribution in [0, 0.1) is 0 Å². The molecular weight excluding hydrogens is 307 g/mol. The van der Waals surface area contributed by atoms with Gasteiger partial charge >= 0.3 is 12.1 Å². The number of rotatable bonds is 2. The molecule has 0 aliphatic carbocycles. The number of aromatic carboxylic acids is 1. The molecule has 0 amide bonds. The summed E-state index contributed by atoms with van der Waals surface area (Å²) in [6.45, 7) is 0. The third kappa shape index (κ3) is 2.67. The minimum Gasteiger partial charge on any atom is -0.478 e. The van der Waals surface area contributed by atoms with Crippen LogP contribution in [0.1, 0.15) is 15.9 Å². The molecule has 2 aromatic carbocycles. The first-order valence-electron chi connectivity index (χ1n) is 6.77. The van der Waals surface area contributed by atoms with E-state index in [-0.39, 0.29) is 5.56 Å². The highest BCUT2D eigenvalue weighted by molar-refractivity contribution is 6.04. The molecule has 3 aromatic rings. The fraction of sp³-hybridized carbons (Fsp3) is 0.118. The van der Waals surface area contributed by atoms with Crippen LogP contribution in [-0.4, -0.2) is 15.6 Å². The number of aromatic nitrogens is 1. The zero-order chi connectivity index (χ0) is 16.8. The predicted octanol–water partition coefficient (Wildman–Crippen LogP) is 4.56. The molecule has 1 heterocycles. The van der Waals surface area contributed by atoms with Crippen molar-refractivity contribution >= 4 is 16.9 Å². The van der Waals surface area contributed by atoms with E-state index in [1.54, 1.807) is 29.8 Å². The van der Waals surface area contributed by atoms with Gasteiger partial charge in [0.15, 0.2) is 0 Å². The van der Waals surface area contributed by atoms with Gasteiger partial charge in [-0.3, -0.25) is 0 Å². The summed E-state index contributed by atoms with van der Waals surface area (Å²) in [5.41, 5.74) is 1.57. The van der Waals surface area contributed by atoms with Crippen molar-refractivity contribution in [2.24, 2.45) is 7.05 Å². The summed E-state index contributed by atoms with van der Waals surface area (Å²) in [5, 5.41) is 9.76. The van der Waals surface area contributed by atoms with Gasteiger partial charge in [0.05, 0.1) is 11.1 Å². The van der Waals surface area contributed by atoms with Gasteiger partial charge < -0.3 is 9.67 Å². The summed E-state index contributed by atoms with van der Waals surface area (Å²) < 4.78 is 39.5. The SMILES string of the molecule is Cn1cc(C(=O)O)c2ccc(-c3ccc(C(F)(F)F)cc3)cc21. The van der Waals surface area contributed by atoms with Crippen molar-refractivity contribution in [2.75, 3.05) is 0 Å². The number of halogens is 3. The first-order chi connectivity index (χ1) is 10.8. The van der Waals surface area contributed by atoms with E-state index in [1.807, 2.05) is 0 Å². The van der Waals surface area contributed by atoms with Crippen LogP contribution in [-0.2, 0) is 13.2 Å². The van der Waals surface area contributed by atoms with Crippen LogP contribution in [0.2, 0.25) is 0 Å². The average Bonchev–Trinajstić information content (AvgIpc) is 2.83. The summed E-state index contributed by atoms with van der Waals surface area (Å²) in [5.74, 6) is -1.02. The monoisotopic (exact) mass is 319 g/mol. The van der Waals surface area contributed by atoms with Gasteiger partial charge in [-0.2, -0.15) is 13.2 Å². The summed E-state index contributed by atoms with van der Waals surface area (Å²) >= 11 is 0. The molecule has 0 unspecified atom stereocenters. The number of alkyl halides is 3. The highest BCUT2D eigenvalue weighted by atomic mass is 19.4. The molecule has 0 spiro atoms. The van der Waals surface area contributed by atoms with E-state index < -0.39 is 17.7 Å². The quantitative estimate of drug-likeness (QED) is 0.752. The maximum Gasteiger partial charge on any atom is 0.416 e. The molecule has 0 atom stereocenters. The molecular formula is C17H12F3NO2. The number of carbonyl (C=O) groups is 1. The highest BCUT2D eigenvalue weighted by Gasteiger charge is 2.30. The molecule has 1 aromatic heterocycles. The predicted molar refractivity (Wildman–Crippen MR) is 80.3 cm³/mol. The molecule has 23 heavy (non-hydrogen) atoms. The maximum absolute atomic E-state index is 12.6. The zero-order valence-electron chi connectivity index (χ0n) is 12.1. The number of carboxylic acid groups (broad SMARTS) is 1. The number of aryl methyl sites for hydroxylation is 1. The van der Waals surface area contributed by atoms with E-state index in [1.165, 1.54) is 18.3 Å². The minimum atomic E-state index is -4.36. The zero-order valence-corrected chi connectivity index (χ0v) is 12.1. The van der Waals surface area contributed by atoms with Gasteiger partial charge in [-0.05, 0) is 29.3 Å². The lowest BCUT2D eigenvalue weighted by Crippen LogP contribution is -2.03. The van der Waals surface area contributed by atoms with Crippen LogP contribution in [0.4, 0.5) is 13.2 Å². The summed E-state index contributed by atoms with van der Waals surface area (Å²) in [4.78, 5) is 11.2. The molecule has 118 valence electrons. The lowest BCUT2D eigenvalue weighted by atomic mass is 10.0. The van der Waals surface area contributed by atoms with Crippen LogP contribution < -0.4 is 0 Å². The molecule has 1 N–H and O–H groups in total. The highest BCUT2D eigenvalue weighted by Crippen LogP contribution is 2.32. The van der Waals surface area contributed by atoms with Crippen LogP contribution in [0.25, 0.3) is 22.0 Å². The Kier molecular flexibility index (Phi) is 3.39. The molecule has 0 fully saturated rings. The van der Waals surface area contributed by atoms with Gasteiger partial charge in [-0.15, -0.1) is 0 Å². The third-order valence-corrected chi connectivity index (χ3v) is 3.77. The topological polar surface area (TPSA) is 42.2 Å². The number of nitrogens with zero attached hydrogens (tertiary/aromatic N) is 1. The normalized spacial score (nSPS) is 11.8. The summed E-state index contributed by atoms with van der Waals surface area (Å²) in [6, 6.07) is 10.0. The first kappa shape index (κ1) is 15.1. The van der Waals surface area contributed by atoms with E-state index in [0.29, 0.717) is 16.5 Å². The summed E-state index contributed by atoms with van der Waals surface area (Å²) in [6.07, 6.45) is -2.85. The fourth-order valence-electron chi connectivity index (χ4n) is 2.59. The van der Waals surface area contributed by atoms with E-state index in [0.717, 1.165) is 17.7 Å². The Bertz CT molecular complexity index is 893. The smallest absolute Gasteiger partial charge is 0.416 e. The van der Waals surface area contributed by atoms with E-state index in [2.05, 4.69) is 0 Å². The van der Waals surface area contributed by atoms with Crippen molar-refractivity contribution in [3.8, 4) is 11.1 Å². The molecule has 6 heteroatoms. The third-order valence-electron chi connectivity index (χ3n) is 3.77. The number of benzene rings is 2. The van der Waals surface area contributed by atoms with Gasteiger partial charge in [0.25, 0.3) is 0 Å². The molecule has 3 rings (SSSR count). The lowest BCUT2D eigenvalue weighted by molar-refractivity contribution is -0.137. The van der Waals surface area contributed by atoms with Gasteiger partial charge in [-0.25, -0.2) is 4.79 Å². The second kappa shape index (κ2) is 5.15. The molecule has 0 saturated heterocycles. The van der Waals surface area contributed by atoms with Gasteiger partial charge in [-0.1, -0.05) is 24.3 Å². The minimum absolute atomic E-state index is 0.196. The Morgan fingerprint density at radius 3 is 2.22 bits per heavy atom. The lowest BCUT2D eigenvalue weighted by Gasteiger charge is -2.08. The van der Waals surface area contributed by atoms with Crippen molar-refractivity contribution in [3.63, 3.8) is 0 Å². The van der Waals surface area contributed by atoms with Crippen LogP contribution in [0.5, 0.6) is 0 Å². The average molecular weight is 319 g/mol. The standard InChI is InChI=1S/C17H12F3NO2/c1-21-9-14(16(22)23)13-7-4-11(8-15(13)21)10-2-5-12(6-3-10)17(18,19)20/h2-9H,1H3,(H,22,23). The second-order valence-corrected chi connectivity index (χ2v) is 5.27. The molecule has 3 nitrogen and oxygen atoms in total. The molecule has 0 bridgehead atoms. The van der Waals surface area contributed by atoms with Crippen LogP contribution in [0.15, 0.2) is 48.7 Å². The van der Waals surface area contributed by atoms with Crippen LogP contribution >= 0.6 is 0 Å². The van der Waals surface area contributed by atoms with Gasteiger partial charge in [0, 0.05) is 24.1 Å². The Balaban J connectivity index is 2.07. The largest absolute Gasteiger partial charge is 0.478 e. The van der Waals surface area contributed by atoms with Crippen molar-refractivity contribution in [3.05, 3.63) is 59.8 Å². The molecule has 0 saturated carbocycles. The fourth-order valence-corrected chi connectivity index (χ4v) is 2.59. The molecule has 0 aliphatic heterocycles. The van der Waals surface area contributed by atoms with Crippen molar-refractivity contribution in [2.45, 2.75) is 6.18 Å². The second-order valence-electron chi connectivity index (χ2n) is 5.27. The van der Waals surface area contributed by atoms with Crippen molar-refractivity contribution < 1.29 is 23.1 Å². The van der Waals surface area contributed by atoms with Gasteiger partial charge in [0.1, 0.15) is 0 Å². The van der Waals surface area contributed by atoms with E-state index in [9.17, 15) is 18.0 Å². The van der Waals surface area contributed by atoms with Crippen LogP contribution in [0.3, 0.4) is 0 Å². The number of fused-ring (bicyclic) bond motifs is 1. The molecule has 0 aliphatic rings. The Morgan fingerprint density at radius 1 is 1.04 bits per heavy atom. The Hall–Kier alpha value is -2.76. The van der Waals surface area contributed by atoms with Crippen molar-refractivity contribution in [1.82, 2.24) is 4.57 Å². The van der Waals surface area contributed by atoms with E-state index >= 15 is 0 Å². The van der Waals surface area contributed by atoms with Crippen molar-refractivity contribution in [1.29, 1.82) is 0 Å². The summed E-state index contributed by atoms with van der Waals surface area (Å²) in [7, 11) is 1.73. The number of hydrogen-bond acceptors (Lipinski definition) is 1. The van der Waals surface area contributed by atoms with E-state index in [4.69, 9.17) is 5.11 Å². The maximum atomic E-state index is 12.6. The first-order valence-corrected chi connectivity index (χ1v) is 6.77. The Morgan fingerprint density at radius 2 is 1.65 bits per heavy atom.